The average molecular weight is 401 g/mol. The van der Waals surface area contributed by atoms with Crippen LogP contribution in [0.1, 0.15) is 33.6 Å². The van der Waals surface area contributed by atoms with Crippen molar-refractivity contribution in [2.24, 2.45) is 0 Å². The summed E-state index contributed by atoms with van der Waals surface area (Å²) in [5.41, 5.74) is 0.108. The third-order valence-corrected chi connectivity index (χ3v) is 5.55. The fraction of sp³-hybridized carbons (Fsp3) is 0.474. The van der Waals surface area contributed by atoms with Crippen LogP contribution < -0.4 is 15.8 Å². The molecule has 1 N–H and O–H groups in total. The van der Waals surface area contributed by atoms with E-state index in [9.17, 15) is 9.59 Å². The number of amides is 1. The first kappa shape index (κ1) is 18.7. The van der Waals surface area contributed by atoms with Crippen LogP contribution in [0.5, 0.6) is 0 Å². The Morgan fingerprint density at radius 1 is 1.32 bits per heavy atom. The standard InChI is InChI=1S/C19H23N5O3S/c1-19(2,3)21-13(25)11-24-17(26)15-16(14(22-24)12-7-6-10-27-12)28-18(20-15)23-8-4-5-9-23/h6-7,10H,4-5,8-9,11H2,1-3H3,(H,21,25). The van der Waals surface area contributed by atoms with E-state index in [-0.39, 0.29) is 18.0 Å². The summed E-state index contributed by atoms with van der Waals surface area (Å²) in [5.74, 6) is 0.272. The van der Waals surface area contributed by atoms with Crippen molar-refractivity contribution in [2.75, 3.05) is 18.0 Å². The number of furan rings is 1. The molecule has 1 saturated heterocycles. The lowest BCUT2D eigenvalue weighted by Crippen LogP contribution is -2.44. The van der Waals surface area contributed by atoms with Gasteiger partial charge in [0.1, 0.15) is 12.2 Å². The lowest BCUT2D eigenvalue weighted by molar-refractivity contribution is -0.123. The van der Waals surface area contributed by atoms with Crippen molar-refractivity contribution in [3.63, 3.8) is 0 Å². The Kier molecular flexibility index (Phi) is 4.70. The summed E-state index contributed by atoms with van der Waals surface area (Å²) in [4.78, 5) is 32.2. The Balaban J connectivity index is 1.81. The molecule has 1 aliphatic heterocycles. The molecule has 0 atom stereocenters. The number of anilines is 1. The lowest BCUT2D eigenvalue weighted by atomic mass is 10.1. The van der Waals surface area contributed by atoms with Crippen molar-refractivity contribution < 1.29 is 9.21 Å². The van der Waals surface area contributed by atoms with Crippen molar-refractivity contribution >= 4 is 32.6 Å². The zero-order valence-electron chi connectivity index (χ0n) is 16.2. The first-order valence-corrected chi connectivity index (χ1v) is 10.1. The first-order chi connectivity index (χ1) is 13.3. The number of nitrogens with one attached hydrogen (secondary N) is 1. The maximum atomic E-state index is 13.0. The second kappa shape index (κ2) is 7.05. The molecule has 0 unspecified atom stereocenters. The molecule has 0 spiro atoms. The maximum absolute atomic E-state index is 13.0. The van der Waals surface area contributed by atoms with Gasteiger partial charge in [-0.2, -0.15) is 5.10 Å². The highest BCUT2D eigenvalue weighted by atomic mass is 32.1. The summed E-state index contributed by atoms with van der Waals surface area (Å²) in [6.45, 7) is 7.37. The Morgan fingerprint density at radius 3 is 2.71 bits per heavy atom. The van der Waals surface area contributed by atoms with Crippen molar-refractivity contribution in [2.45, 2.75) is 45.7 Å². The van der Waals surface area contributed by atoms with Gasteiger partial charge >= 0.3 is 0 Å². The number of hydrogen-bond acceptors (Lipinski definition) is 7. The molecule has 4 heterocycles. The van der Waals surface area contributed by atoms with E-state index >= 15 is 0 Å². The van der Waals surface area contributed by atoms with Crippen molar-refractivity contribution in [1.29, 1.82) is 0 Å². The van der Waals surface area contributed by atoms with E-state index in [1.807, 2.05) is 20.8 Å². The number of hydrogen-bond donors (Lipinski definition) is 1. The van der Waals surface area contributed by atoms with Gasteiger partial charge in [-0.05, 0) is 45.7 Å². The third-order valence-electron chi connectivity index (χ3n) is 4.43. The van der Waals surface area contributed by atoms with Crippen LogP contribution in [0, 0.1) is 0 Å². The Labute approximate surface area is 166 Å². The Hall–Kier alpha value is -2.68. The second-order valence-corrected chi connectivity index (χ2v) is 8.93. The van der Waals surface area contributed by atoms with Gasteiger partial charge in [0, 0.05) is 18.6 Å². The lowest BCUT2D eigenvalue weighted by Gasteiger charge is -2.20. The zero-order valence-corrected chi connectivity index (χ0v) is 17.0. The van der Waals surface area contributed by atoms with Gasteiger partial charge in [-0.3, -0.25) is 9.59 Å². The summed E-state index contributed by atoms with van der Waals surface area (Å²) in [6.07, 6.45) is 3.81. The summed E-state index contributed by atoms with van der Waals surface area (Å²) in [6, 6.07) is 3.56. The fourth-order valence-electron chi connectivity index (χ4n) is 3.27. The molecule has 9 heteroatoms. The van der Waals surface area contributed by atoms with E-state index in [1.165, 1.54) is 16.0 Å². The molecule has 1 fully saturated rings. The molecule has 3 aromatic rings. The van der Waals surface area contributed by atoms with Gasteiger partial charge in [-0.15, -0.1) is 0 Å². The Morgan fingerprint density at radius 2 is 2.07 bits per heavy atom. The van der Waals surface area contributed by atoms with E-state index in [1.54, 1.807) is 18.4 Å². The average Bonchev–Trinajstić information content (AvgIpc) is 3.37. The van der Waals surface area contributed by atoms with Gasteiger partial charge in [0.05, 0.1) is 11.0 Å². The van der Waals surface area contributed by atoms with Crippen LogP contribution in [0.4, 0.5) is 5.13 Å². The smallest absolute Gasteiger partial charge is 0.294 e. The summed E-state index contributed by atoms with van der Waals surface area (Å²) in [7, 11) is 0. The monoisotopic (exact) mass is 401 g/mol. The molecule has 0 aromatic carbocycles. The van der Waals surface area contributed by atoms with E-state index in [0.29, 0.717) is 21.7 Å². The number of thiazole rings is 1. The topological polar surface area (TPSA) is 93.3 Å². The minimum Gasteiger partial charge on any atom is -0.463 e. The predicted octanol–water partition coefficient (Wildman–Crippen LogP) is 2.63. The maximum Gasteiger partial charge on any atom is 0.294 e. The molecule has 0 saturated carbocycles. The van der Waals surface area contributed by atoms with Crippen molar-refractivity contribution in [1.82, 2.24) is 20.1 Å². The number of carbonyl (C=O) groups excluding carboxylic acids is 1. The van der Waals surface area contributed by atoms with Crippen LogP contribution >= 0.6 is 11.3 Å². The minimum atomic E-state index is -0.391. The fourth-order valence-corrected chi connectivity index (χ4v) is 4.37. The molecule has 148 valence electrons. The molecule has 4 rings (SSSR count). The van der Waals surface area contributed by atoms with E-state index in [0.717, 1.165) is 31.1 Å². The van der Waals surface area contributed by atoms with Crippen molar-refractivity contribution in [3.05, 3.63) is 28.7 Å². The van der Waals surface area contributed by atoms with Crippen LogP contribution in [0.2, 0.25) is 0 Å². The predicted molar refractivity (Wildman–Crippen MR) is 109 cm³/mol. The largest absolute Gasteiger partial charge is 0.463 e. The van der Waals surface area contributed by atoms with E-state index in [2.05, 4.69) is 20.3 Å². The highest BCUT2D eigenvalue weighted by Crippen LogP contribution is 2.34. The molecular formula is C19H23N5O3S. The quantitative estimate of drug-likeness (QED) is 0.722. The van der Waals surface area contributed by atoms with Gasteiger partial charge in [0.2, 0.25) is 5.91 Å². The van der Waals surface area contributed by atoms with Gasteiger partial charge in [-0.25, -0.2) is 9.67 Å². The molecule has 8 nitrogen and oxygen atoms in total. The van der Waals surface area contributed by atoms with Gasteiger partial charge in [-0.1, -0.05) is 11.3 Å². The summed E-state index contributed by atoms with van der Waals surface area (Å²) >= 11 is 1.45. The van der Waals surface area contributed by atoms with Crippen LogP contribution in [-0.4, -0.2) is 39.3 Å². The summed E-state index contributed by atoms with van der Waals surface area (Å²) < 4.78 is 7.39. The molecular weight excluding hydrogens is 378 g/mol. The summed E-state index contributed by atoms with van der Waals surface area (Å²) in [5, 5.41) is 8.13. The van der Waals surface area contributed by atoms with Crippen LogP contribution in [0.15, 0.2) is 27.6 Å². The number of nitrogens with zero attached hydrogens (tertiary/aromatic N) is 4. The molecule has 0 aliphatic carbocycles. The number of aromatic nitrogens is 3. The molecule has 0 bridgehead atoms. The molecule has 0 radical (unpaired) electrons. The molecule has 1 amide bonds. The normalized spacial score (nSPS) is 14.8. The Bertz CT molecular complexity index is 1060. The van der Waals surface area contributed by atoms with E-state index in [4.69, 9.17) is 4.42 Å². The third kappa shape index (κ3) is 3.66. The first-order valence-electron chi connectivity index (χ1n) is 9.33. The number of carbonyl (C=O) groups is 1. The highest BCUT2D eigenvalue weighted by molar-refractivity contribution is 7.22. The van der Waals surface area contributed by atoms with Crippen LogP contribution in [-0.2, 0) is 11.3 Å². The van der Waals surface area contributed by atoms with Gasteiger partial charge in [0.25, 0.3) is 5.56 Å². The SMILES string of the molecule is CC(C)(C)NC(=O)Cn1nc(-c2ccco2)c2sc(N3CCCC3)nc2c1=O. The highest BCUT2D eigenvalue weighted by Gasteiger charge is 2.24. The van der Waals surface area contributed by atoms with Crippen LogP contribution in [0.25, 0.3) is 21.7 Å². The molecule has 3 aromatic heterocycles. The van der Waals surface area contributed by atoms with Crippen molar-refractivity contribution in [3.8, 4) is 11.5 Å². The number of fused-ring (bicyclic) bond motifs is 1. The molecule has 28 heavy (non-hydrogen) atoms. The van der Waals surface area contributed by atoms with Gasteiger partial charge in [0.15, 0.2) is 16.4 Å². The van der Waals surface area contributed by atoms with Crippen LogP contribution in [0.3, 0.4) is 0 Å². The molecule has 1 aliphatic rings. The zero-order chi connectivity index (χ0) is 19.9. The second-order valence-electron chi connectivity index (χ2n) is 7.96. The number of rotatable bonds is 4. The minimum absolute atomic E-state index is 0.170. The van der Waals surface area contributed by atoms with Gasteiger partial charge < -0.3 is 14.6 Å². The van der Waals surface area contributed by atoms with E-state index < -0.39 is 5.54 Å².